The Bertz CT molecular complexity index is 594. The van der Waals surface area contributed by atoms with Crippen LogP contribution < -0.4 is 0 Å². The number of aromatic carboxylic acids is 1. The maximum atomic E-state index is 11.2. The van der Waals surface area contributed by atoms with Crippen molar-refractivity contribution in [1.29, 1.82) is 0 Å². The molecule has 0 saturated heterocycles. The van der Waals surface area contributed by atoms with Crippen LogP contribution in [0.3, 0.4) is 0 Å². The number of carbonyl (C=O) groups is 1. The van der Waals surface area contributed by atoms with Crippen LogP contribution in [0.15, 0.2) is 12.3 Å². The van der Waals surface area contributed by atoms with Crippen molar-refractivity contribution < 1.29 is 9.90 Å². The Kier molecular flexibility index (Phi) is 2.41. The minimum absolute atomic E-state index is 0.146. The number of nitrogens with zero attached hydrogens (tertiary/aromatic N) is 3. The molecule has 0 aliphatic rings. The van der Waals surface area contributed by atoms with Gasteiger partial charge in [-0.15, -0.1) is 0 Å². The molecule has 0 amide bonds. The highest BCUT2D eigenvalue weighted by Crippen LogP contribution is 2.23. The van der Waals surface area contributed by atoms with E-state index in [-0.39, 0.29) is 11.1 Å². The highest BCUT2D eigenvalue weighted by atomic mass is 16.4. The van der Waals surface area contributed by atoms with Gasteiger partial charge in [0.15, 0.2) is 11.3 Å². The summed E-state index contributed by atoms with van der Waals surface area (Å²) in [5.41, 5.74) is 2.19. The number of carboxylic acid groups (broad SMARTS) is 1. The molecule has 2 heterocycles. The first kappa shape index (κ1) is 11.6. The molecule has 0 bridgehead atoms. The summed E-state index contributed by atoms with van der Waals surface area (Å²) in [6.45, 7) is 7.88. The maximum absolute atomic E-state index is 11.2. The molecule has 0 unspecified atom stereocenters. The van der Waals surface area contributed by atoms with Crippen LogP contribution in [0.1, 0.15) is 42.5 Å². The Morgan fingerprint density at radius 2 is 2.06 bits per heavy atom. The number of rotatable bonds is 1. The minimum atomic E-state index is -0.994. The Hall–Kier alpha value is -1.91. The number of hydrogen-bond donors (Lipinski definition) is 1. The summed E-state index contributed by atoms with van der Waals surface area (Å²) < 4.78 is 1.37. The van der Waals surface area contributed by atoms with Crippen molar-refractivity contribution >= 4 is 11.6 Å². The Morgan fingerprint density at radius 3 is 2.59 bits per heavy atom. The van der Waals surface area contributed by atoms with E-state index in [1.807, 2.05) is 27.7 Å². The molecule has 1 N–H and O–H groups in total. The molecule has 0 radical (unpaired) electrons. The summed E-state index contributed by atoms with van der Waals surface area (Å²) in [6, 6.07) is 1.59. The van der Waals surface area contributed by atoms with Crippen molar-refractivity contribution in [2.45, 2.75) is 33.1 Å². The van der Waals surface area contributed by atoms with Gasteiger partial charge in [0.2, 0.25) is 0 Å². The van der Waals surface area contributed by atoms with Crippen LogP contribution in [-0.4, -0.2) is 25.7 Å². The van der Waals surface area contributed by atoms with Gasteiger partial charge < -0.3 is 5.11 Å². The molecule has 0 fully saturated rings. The first-order valence-electron chi connectivity index (χ1n) is 5.40. The van der Waals surface area contributed by atoms with Gasteiger partial charge in [-0.2, -0.15) is 5.10 Å². The monoisotopic (exact) mass is 233 g/mol. The first-order valence-corrected chi connectivity index (χ1v) is 5.40. The van der Waals surface area contributed by atoms with E-state index in [4.69, 9.17) is 0 Å². The molecule has 2 rings (SSSR count). The van der Waals surface area contributed by atoms with Crippen molar-refractivity contribution in [1.82, 2.24) is 14.6 Å². The van der Waals surface area contributed by atoms with Gasteiger partial charge in [0, 0.05) is 11.0 Å². The molecule has 0 atom stereocenters. The summed E-state index contributed by atoms with van der Waals surface area (Å²) in [5.74, 6) is -0.994. The van der Waals surface area contributed by atoms with Gasteiger partial charge in [-0.25, -0.2) is 14.3 Å². The van der Waals surface area contributed by atoms with E-state index in [9.17, 15) is 9.90 Å². The molecule has 90 valence electrons. The number of fused-ring (bicyclic) bond motifs is 1. The van der Waals surface area contributed by atoms with Gasteiger partial charge in [0.05, 0.1) is 11.9 Å². The molecular formula is C12H15N3O2. The number of hydrogen-bond acceptors (Lipinski definition) is 3. The van der Waals surface area contributed by atoms with Gasteiger partial charge in [-0.1, -0.05) is 20.8 Å². The SMILES string of the molecule is Cc1cnn2c(C(=O)O)cc(C(C)(C)C)nc12. The standard InChI is InChI=1S/C12H15N3O2/c1-7-6-13-15-8(11(16)17)5-9(12(2,3)4)14-10(7)15/h5-6H,1-4H3,(H,16,17). The normalized spacial score (nSPS) is 12.0. The molecule has 17 heavy (non-hydrogen) atoms. The van der Waals surface area contributed by atoms with Crippen molar-refractivity contribution in [3.8, 4) is 0 Å². The Balaban J connectivity index is 2.83. The first-order chi connectivity index (χ1) is 7.80. The predicted molar refractivity (Wildman–Crippen MR) is 63.4 cm³/mol. The third kappa shape index (κ3) is 1.88. The van der Waals surface area contributed by atoms with E-state index >= 15 is 0 Å². The van der Waals surface area contributed by atoms with E-state index in [1.165, 1.54) is 4.52 Å². The zero-order valence-corrected chi connectivity index (χ0v) is 10.4. The topological polar surface area (TPSA) is 67.5 Å². The van der Waals surface area contributed by atoms with Gasteiger partial charge in [-0.3, -0.25) is 0 Å². The fourth-order valence-corrected chi connectivity index (χ4v) is 1.61. The van der Waals surface area contributed by atoms with E-state index < -0.39 is 5.97 Å². The molecule has 5 nitrogen and oxygen atoms in total. The van der Waals surface area contributed by atoms with E-state index in [0.717, 1.165) is 11.3 Å². The minimum Gasteiger partial charge on any atom is -0.477 e. The van der Waals surface area contributed by atoms with Crippen LogP contribution in [0.25, 0.3) is 5.65 Å². The third-order valence-electron chi connectivity index (χ3n) is 2.64. The third-order valence-corrected chi connectivity index (χ3v) is 2.64. The highest BCUT2D eigenvalue weighted by molar-refractivity contribution is 5.86. The zero-order chi connectivity index (χ0) is 12.8. The van der Waals surface area contributed by atoms with Gasteiger partial charge >= 0.3 is 5.97 Å². The lowest BCUT2D eigenvalue weighted by Gasteiger charge is -2.18. The summed E-state index contributed by atoms with van der Waals surface area (Å²) >= 11 is 0. The molecular weight excluding hydrogens is 218 g/mol. The zero-order valence-electron chi connectivity index (χ0n) is 10.4. The van der Waals surface area contributed by atoms with Crippen molar-refractivity contribution in [3.05, 3.63) is 29.2 Å². The molecule has 5 heteroatoms. The van der Waals surface area contributed by atoms with Crippen molar-refractivity contribution in [2.75, 3.05) is 0 Å². The second-order valence-corrected chi connectivity index (χ2v) is 5.14. The smallest absolute Gasteiger partial charge is 0.354 e. The molecule has 0 saturated carbocycles. The van der Waals surface area contributed by atoms with Crippen LogP contribution in [0.4, 0.5) is 0 Å². The Labute approximate surface area is 99.1 Å². The van der Waals surface area contributed by atoms with E-state index in [0.29, 0.717) is 5.65 Å². The lowest BCUT2D eigenvalue weighted by Crippen LogP contribution is -2.18. The van der Waals surface area contributed by atoms with Crippen LogP contribution >= 0.6 is 0 Å². The largest absolute Gasteiger partial charge is 0.477 e. The van der Waals surface area contributed by atoms with Gasteiger partial charge in [0.25, 0.3) is 0 Å². The molecule has 0 spiro atoms. The van der Waals surface area contributed by atoms with Crippen LogP contribution in [0.5, 0.6) is 0 Å². The molecule has 0 aliphatic carbocycles. The predicted octanol–water partition coefficient (Wildman–Crippen LogP) is 2.03. The fourth-order valence-electron chi connectivity index (χ4n) is 1.61. The van der Waals surface area contributed by atoms with Crippen LogP contribution in [-0.2, 0) is 5.41 Å². The van der Waals surface area contributed by atoms with Crippen molar-refractivity contribution in [2.24, 2.45) is 0 Å². The number of carboxylic acids is 1. The average molecular weight is 233 g/mol. The lowest BCUT2D eigenvalue weighted by molar-refractivity contribution is 0.0687. The highest BCUT2D eigenvalue weighted by Gasteiger charge is 2.21. The molecule has 2 aromatic heterocycles. The quantitative estimate of drug-likeness (QED) is 0.818. The molecule has 2 aromatic rings. The second-order valence-electron chi connectivity index (χ2n) is 5.14. The lowest BCUT2D eigenvalue weighted by atomic mass is 9.91. The van der Waals surface area contributed by atoms with Crippen LogP contribution in [0.2, 0.25) is 0 Å². The summed E-state index contributed by atoms with van der Waals surface area (Å²) in [4.78, 5) is 15.7. The number of aryl methyl sites for hydroxylation is 1. The van der Waals surface area contributed by atoms with Crippen LogP contribution in [0, 0.1) is 6.92 Å². The van der Waals surface area contributed by atoms with Crippen molar-refractivity contribution in [3.63, 3.8) is 0 Å². The number of aromatic nitrogens is 3. The Morgan fingerprint density at radius 1 is 1.41 bits per heavy atom. The molecule has 0 aliphatic heterocycles. The van der Waals surface area contributed by atoms with Gasteiger partial charge in [-0.05, 0) is 13.0 Å². The summed E-state index contributed by atoms with van der Waals surface area (Å²) in [5, 5.41) is 13.2. The summed E-state index contributed by atoms with van der Waals surface area (Å²) in [6.07, 6.45) is 1.63. The average Bonchev–Trinajstić information content (AvgIpc) is 2.58. The fraction of sp³-hybridized carbons (Fsp3) is 0.417. The summed E-state index contributed by atoms with van der Waals surface area (Å²) in [7, 11) is 0. The van der Waals surface area contributed by atoms with E-state index in [2.05, 4.69) is 10.1 Å². The van der Waals surface area contributed by atoms with Gasteiger partial charge in [0.1, 0.15) is 0 Å². The second kappa shape index (κ2) is 3.55. The maximum Gasteiger partial charge on any atom is 0.354 e. The molecule has 0 aromatic carbocycles. The van der Waals surface area contributed by atoms with E-state index in [1.54, 1.807) is 12.3 Å².